The van der Waals surface area contributed by atoms with Crippen LogP contribution in [0.15, 0.2) is 12.1 Å². The van der Waals surface area contributed by atoms with Crippen molar-refractivity contribution in [1.82, 2.24) is 0 Å². The Labute approximate surface area is 81.4 Å². The highest BCUT2D eigenvalue weighted by atomic mass is 16.7. The summed E-state index contributed by atoms with van der Waals surface area (Å²) in [4.78, 5) is 10.7. The summed E-state index contributed by atoms with van der Waals surface area (Å²) in [5.74, 6) is 1.26. The van der Waals surface area contributed by atoms with Gasteiger partial charge in [-0.25, -0.2) is 0 Å². The number of hydrogen-bond donors (Lipinski definition) is 0. The fraction of sp³-hybridized carbons (Fsp3) is 0.300. The zero-order valence-electron chi connectivity index (χ0n) is 7.78. The Hall–Kier alpha value is -1.55. The van der Waals surface area contributed by atoms with Gasteiger partial charge in [0.05, 0.1) is 24.8 Å². The minimum atomic E-state index is 0.182. The summed E-state index contributed by atoms with van der Waals surface area (Å²) in [7, 11) is 1.57. The highest BCUT2D eigenvalue weighted by Crippen LogP contribution is 2.34. The molecular formula is C10H10O4. The first-order chi connectivity index (χ1) is 6.86. The molecule has 1 aliphatic rings. The quantitative estimate of drug-likeness (QED) is 0.667. The van der Waals surface area contributed by atoms with Gasteiger partial charge in [0.1, 0.15) is 11.5 Å². The van der Waals surface area contributed by atoms with E-state index in [2.05, 4.69) is 0 Å². The van der Waals surface area contributed by atoms with Crippen molar-refractivity contribution in [3.8, 4) is 11.5 Å². The zero-order valence-corrected chi connectivity index (χ0v) is 7.78. The predicted octanol–water partition coefficient (Wildman–Crippen LogP) is 1.37. The summed E-state index contributed by atoms with van der Waals surface area (Å²) in [6.07, 6.45) is 0.767. The summed E-state index contributed by atoms with van der Waals surface area (Å²) < 4.78 is 15.5. The SMILES string of the molecule is COc1ccc(C=O)c2c1COCO2. The van der Waals surface area contributed by atoms with E-state index >= 15 is 0 Å². The van der Waals surface area contributed by atoms with E-state index in [9.17, 15) is 4.79 Å². The second-order valence-electron chi connectivity index (χ2n) is 2.89. The second kappa shape index (κ2) is 3.67. The normalized spacial score (nSPS) is 14.1. The predicted molar refractivity (Wildman–Crippen MR) is 48.7 cm³/mol. The number of carbonyl (C=O) groups excluding carboxylic acids is 1. The van der Waals surface area contributed by atoms with Gasteiger partial charge in [0, 0.05) is 0 Å². The van der Waals surface area contributed by atoms with Crippen LogP contribution in [-0.2, 0) is 11.3 Å². The lowest BCUT2D eigenvalue weighted by Crippen LogP contribution is -2.14. The summed E-state index contributed by atoms with van der Waals surface area (Å²) >= 11 is 0. The molecule has 14 heavy (non-hydrogen) atoms. The molecule has 0 spiro atoms. The van der Waals surface area contributed by atoms with Crippen LogP contribution < -0.4 is 9.47 Å². The second-order valence-corrected chi connectivity index (χ2v) is 2.89. The summed E-state index contributed by atoms with van der Waals surface area (Å²) in [5, 5.41) is 0. The minimum absolute atomic E-state index is 0.182. The molecule has 0 bridgehead atoms. The molecule has 0 aliphatic carbocycles. The highest BCUT2D eigenvalue weighted by Gasteiger charge is 2.18. The molecule has 1 aliphatic heterocycles. The average molecular weight is 194 g/mol. The van der Waals surface area contributed by atoms with Crippen LogP contribution >= 0.6 is 0 Å². The number of methoxy groups -OCH3 is 1. The van der Waals surface area contributed by atoms with Crippen molar-refractivity contribution in [2.24, 2.45) is 0 Å². The average Bonchev–Trinajstić information content (AvgIpc) is 2.27. The van der Waals surface area contributed by atoms with Crippen molar-refractivity contribution in [3.05, 3.63) is 23.3 Å². The van der Waals surface area contributed by atoms with E-state index in [-0.39, 0.29) is 6.79 Å². The van der Waals surface area contributed by atoms with E-state index < -0.39 is 0 Å². The molecule has 0 fully saturated rings. The van der Waals surface area contributed by atoms with Gasteiger partial charge in [-0.15, -0.1) is 0 Å². The Balaban J connectivity index is 2.55. The van der Waals surface area contributed by atoms with Crippen molar-refractivity contribution in [3.63, 3.8) is 0 Å². The first kappa shape index (κ1) is 9.02. The zero-order chi connectivity index (χ0) is 9.97. The molecule has 1 heterocycles. The Bertz CT molecular complexity index is 359. The van der Waals surface area contributed by atoms with E-state index in [1.807, 2.05) is 0 Å². The van der Waals surface area contributed by atoms with Crippen LogP contribution in [-0.4, -0.2) is 20.2 Å². The molecule has 4 nitrogen and oxygen atoms in total. The summed E-state index contributed by atoms with van der Waals surface area (Å²) in [6, 6.07) is 3.41. The van der Waals surface area contributed by atoms with Crippen molar-refractivity contribution in [2.45, 2.75) is 6.61 Å². The lowest BCUT2D eigenvalue weighted by molar-refractivity contribution is -0.0178. The third-order valence-corrected chi connectivity index (χ3v) is 2.13. The third kappa shape index (κ3) is 1.33. The van der Waals surface area contributed by atoms with Crippen LogP contribution in [0.4, 0.5) is 0 Å². The molecule has 0 aromatic heterocycles. The highest BCUT2D eigenvalue weighted by molar-refractivity contribution is 5.81. The third-order valence-electron chi connectivity index (χ3n) is 2.13. The molecule has 0 N–H and O–H groups in total. The van der Waals surface area contributed by atoms with Crippen molar-refractivity contribution >= 4 is 6.29 Å². The largest absolute Gasteiger partial charge is 0.496 e. The lowest BCUT2D eigenvalue weighted by Gasteiger charge is -2.20. The Morgan fingerprint density at radius 1 is 1.50 bits per heavy atom. The van der Waals surface area contributed by atoms with Crippen molar-refractivity contribution < 1.29 is 19.0 Å². The molecule has 1 aromatic rings. The molecule has 0 unspecified atom stereocenters. The van der Waals surface area contributed by atoms with Crippen LogP contribution in [0.25, 0.3) is 0 Å². The topological polar surface area (TPSA) is 44.8 Å². The molecule has 2 rings (SSSR count). The van der Waals surface area contributed by atoms with Gasteiger partial charge in [-0.2, -0.15) is 0 Å². The van der Waals surface area contributed by atoms with Gasteiger partial charge in [-0.05, 0) is 12.1 Å². The number of benzene rings is 1. The van der Waals surface area contributed by atoms with Gasteiger partial charge in [-0.3, -0.25) is 4.79 Å². The Morgan fingerprint density at radius 2 is 2.36 bits per heavy atom. The van der Waals surface area contributed by atoms with E-state index in [4.69, 9.17) is 14.2 Å². The number of fused-ring (bicyclic) bond motifs is 1. The maximum Gasteiger partial charge on any atom is 0.189 e. The fourth-order valence-corrected chi connectivity index (χ4v) is 1.46. The number of rotatable bonds is 2. The van der Waals surface area contributed by atoms with E-state index in [0.29, 0.717) is 23.7 Å². The van der Waals surface area contributed by atoms with Crippen molar-refractivity contribution in [1.29, 1.82) is 0 Å². The Kier molecular flexibility index (Phi) is 2.37. The molecular weight excluding hydrogens is 184 g/mol. The minimum Gasteiger partial charge on any atom is -0.496 e. The summed E-state index contributed by atoms with van der Waals surface area (Å²) in [5.41, 5.74) is 1.33. The maximum absolute atomic E-state index is 10.7. The standard InChI is InChI=1S/C10H10O4/c1-12-9-3-2-7(4-11)10-8(9)5-13-6-14-10/h2-4H,5-6H2,1H3. The number of carbonyl (C=O) groups is 1. The first-order valence-electron chi connectivity index (χ1n) is 4.22. The first-order valence-corrected chi connectivity index (χ1v) is 4.22. The van der Waals surface area contributed by atoms with Crippen LogP contribution in [0.1, 0.15) is 15.9 Å². The fourth-order valence-electron chi connectivity index (χ4n) is 1.46. The van der Waals surface area contributed by atoms with Crippen LogP contribution in [0.3, 0.4) is 0 Å². The lowest BCUT2D eigenvalue weighted by atomic mass is 10.1. The number of ether oxygens (including phenoxy) is 3. The molecule has 0 saturated carbocycles. The number of hydrogen-bond acceptors (Lipinski definition) is 4. The summed E-state index contributed by atoms with van der Waals surface area (Å²) in [6.45, 7) is 0.598. The molecule has 74 valence electrons. The van der Waals surface area contributed by atoms with Gasteiger partial charge >= 0.3 is 0 Å². The van der Waals surface area contributed by atoms with Crippen LogP contribution in [0, 0.1) is 0 Å². The van der Waals surface area contributed by atoms with Gasteiger partial charge in [0.2, 0.25) is 0 Å². The van der Waals surface area contributed by atoms with E-state index in [0.717, 1.165) is 11.8 Å². The Morgan fingerprint density at radius 3 is 3.07 bits per heavy atom. The van der Waals surface area contributed by atoms with E-state index in [1.54, 1.807) is 19.2 Å². The molecule has 0 radical (unpaired) electrons. The van der Waals surface area contributed by atoms with Gasteiger partial charge < -0.3 is 14.2 Å². The monoisotopic (exact) mass is 194 g/mol. The van der Waals surface area contributed by atoms with Gasteiger partial charge in [0.25, 0.3) is 0 Å². The molecule has 0 saturated heterocycles. The molecule has 4 heteroatoms. The smallest absolute Gasteiger partial charge is 0.189 e. The molecule has 0 amide bonds. The molecule has 1 aromatic carbocycles. The number of aldehydes is 1. The van der Waals surface area contributed by atoms with Crippen LogP contribution in [0.2, 0.25) is 0 Å². The van der Waals surface area contributed by atoms with Gasteiger partial charge in [0.15, 0.2) is 13.1 Å². The maximum atomic E-state index is 10.7. The van der Waals surface area contributed by atoms with E-state index in [1.165, 1.54) is 0 Å². The van der Waals surface area contributed by atoms with Gasteiger partial charge in [-0.1, -0.05) is 0 Å². The van der Waals surface area contributed by atoms with Crippen molar-refractivity contribution in [2.75, 3.05) is 13.9 Å². The van der Waals surface area contributed by atoms with Crippen LogP contribution in [0.5, 0.6) is 11.5 Å². The molecule has 0 atom stereocenters.